The molecule has 2 atom stereocenters. The maximum Gasteiger partial charge on any atom is 0.195 e. The molecule has 0 aromatic heterocycles. The van der Waals surface area contributed by atoms with Crippen molar-refractivity contribution in [3.05, 3.63) is 89.5 Å². The smallest absolute Gasteiger partial charge is 0.195 e. The normalized spacial score (nSPS) is 20.1. The number of ether oxygens (including phenoxy) is 1. The largest absolute Gasteiger partial charge is 0.494 e. The van der Waals surface area contributed by atoms with Crippen molar-refractivity contribution >= 4 is 21.9 Å². The van der Waals surface area contributed by atoms with Gasteiger partial charge < -0.3 is 14.5 Å². The van der Waals surface area contributed by atoms with E-state index in [2.05, 4.69) is 40.2 Å². The van der Waals surface area contributed by atoms with E-state index in [1.807, 2.05) is 15.9 Å². The SMILES string of the molecule is N=C1N(CCCOc2ccc(F)cc2)C2C=CC(F)=CC2N1Cc1ccc(CBr)cc1. The van der Waals surface area contributed by atoms with Crippen LogP contribution in [-0.2, 0) is 11.9 Å². The summed E-state index contributed by atoms with van der Waals surface area (Å²) in [5.74, 6) is 0.439. The standard InChI is InChI=1S/C24H24BrF2N3O/c25-15-17-2-4-18(5-3-17)16-30-23-14-20(27)8-11-22(23)29(24(30)28)12-1-13-31-21-9-6-19(26)7-10-21/h2-11,14,22-23,28H,1,12-13,15-16H2. The van der Waals surface area contributed by atoms with Crippen LogP contribution in [0.2, 0.25) is 0 Å². The highest BCUT2D eigenvalue weighted by molar-refractivity contribution is 9.08. The average molecular weight is 488 g/mol. The van der Waals surface area contributed by atoms with Gasteiger partial charge in [0.25, 0.3) is 0 Å². The third kappa shape index (κ3) is 4.98. The van der Waals surface area contributed by atoms with Crippen molar-refractivity contribution in [3.8, 4) is 5.75 Å². The highest BCUT2D eigenvalue weighted by Gasteiger charge is 2.42. The molecule has 0 saturated carbocycles. The fourth-order valence-electron chi connectivity index (χ4n) is 3.95. The molecule has 7 heteroatoms. The van der Waals surface area contributed by atoms with Crippen LogP contribution in [0.5, 0.6) is 5.75 Å². The van der Waals surface area contributed by atoms with Crippen LogP contribution in [0.3, 0.4) is 0 Å². The minimum atomic E-state index is -0.296. The van der Waals surface area contributed by atoms with E-state index in [1.54, 1.807) is 18.2 Å². The zero-order valence-electron chi connectivity index (χ0n) is 17.0. The van der Waals surface area contributed by atoms with Crippen molar-refractivity contribution in [1.29, 1.82) is 5.41 Å². The molecule has 2 unspecified atom stereocenters. The average Bonchev–Trinajstić information content (AvgIpc) is 3.03. The summed E-state index contributed by atoms with van der Waals surface area (Å²) in [6, 6.07) is 13.9. The van der Waals surface area contributed by atoms with Gasteiger partial charge in [-0.25, -0.2) is 8.78 Å². The highest BCUT2D eigenvalue weighted by Crippen LogP contribution is 2.31. The van der Waals surface area contributed by atoms with Crippen LogP contribution in [0.15, 0.2) is 72.6 Å². The van der Waals surface area contributed by atoms with E-state index in [1.165, 1.54) is 23.8 Å². The Morgan fingerprint density at radius 2 is 1.65 bits per heavy atom. The van der Waals surface area contributed by atoms with Crippen molar-refractivity contribution in [2.24, 2.45) is 0 Å². The Kier molecular flexibility index (Phi) is 6.70. The monoisotopic (exact) mass is 487 g/mol. The van der Waals surface area contributed by atoms with Gasteiger partial charge in [0.2, 0.25) is 0 Å². The summed E-state index contributed by atoms with van der Waals surface area (Å²) in [7, 11) is 0. The Balaban J connectivity index is 1.41. The second-order valence-corrected chi connectivity index (χ2v) is 8.20. The van der Waals surface area contributed by atoms with Gasteiger partial charge in [0.15, 0.2) is 5.96 Å². The fourth-order valence-corrected chi connectivity index (χ4v) is 4.33. The minimum Gasteiger partial charge on any atom is -0.494 e. The molecule has 1 aliphatic carbocycles. The number of alkyl halides is 1. The lowest BCUT2D eigenvalue weighted by Crippen LogP contribution is -2.37. The second-order valence-electron chi connectivity index (χ2n) is 7.64. The molecule has 2 aromatic rings. The Bertz CT molecular complexity index is 975. The van der Waals surface area contributed by atoms with Gasteiger partial charge in [-0.2, -0.15) is 0 Å². The van der Waals surface area contributed by atoms with Crippen molar-refractivity contribution in [1.82, 2.24) is 9.80 Å². The van der Waals surface area contributed by atoms with Gasteiger partial charge in [-0.1, -0.05) is 46.3 Å². The first-order valence-corrected chi connectivity index (χ1v) is 11.4. The number of rotatable bonds is 8. The Morgan fingerprint density at radius 1 is 0.935 bits per heavy atom. The van der Waals surface area contributed by atoms with Crippen LogP contribution in [0.4, 0.5) is 8.78 Å². The molecule has 1 N–H and O–H groups in total. The minimum absolute atomic E-state index is 0.0837. The molecule has 0 spiro atoms. The molecule has 4 nitrogen and oxygen atoms in total. The molecule has 1 aliphatic heterocycles. The van der Waals surface area contributed by atoms with Crippen LogP contribution in [-0.4, -0.2) is 41.0 Å². The van der Waals surface area contributed by atoms with E-state index in [4.69, 9.17) is 10.1 Å². The van der Waals surface area contributed by atoms with Crippen LogP contribution in [0.1, 0.15) is 17.5 Å². The van der Waals surface area contributed by atoms with Gasteiger partial charge in [-0.05, 0) is 54.0 Å². The Hall–Kier alpha value is -2.67. The first-order valence-electron chi connectivity index (χ1n) is 10.2. The lowest BCUT2D eigenvalue weighted by atomic mass is 10.0. The molecular weight excluding hydrogens is 464 g/mol. The van der Waals surface area contributed by atoms with Crippen LogP contribution in [0.25, 0.3) is 0 Å². The topological polar surface area (TPSA) is 39.6 Å². The summed E-state index contributed by atoms with van der Waals surface area (Å²) in [6.07, 6.45) is 5.60. The van der Waals surface area contributed by atoms with Gasteiger partial charge >= 0.3 is 0 Å². The van der Waals surface area contributed by atoms with Crippen molar-refractivity contribution in [3.63, 3.8) is 0 Å². The van der Waals surface area contributed by atoms with Crippen LogP contribution < -0.4 is 4.74 Å². The maximum atomic E-state index is 14.0. The third-order valence-electron chi connectivity index (χ3n) is 5.55. The third-order valence-corrected chi connectivity index (χ3v) is 6.20. The predicted octanol–water partition coefficient (Wildman–Crippen LogP) is 5.40. The summed E-state index contributed by atoms with van der Waals surface area (Å²) in [6.45, 7) is 1.61. The highest BCUT2D eigenvalue weighted by atomic mass is 79.9. The van der Waals surface area contributed by atoms with Crippen LogP contribution in [0, 0.1) is 11.2 Å². The quantitative estimate of drug-likeness (QED) is 0.400. The number of benzene rings is 2. The first-order chi connectivity index (χ1) is 15.0. The maximum absolute atomic E-state index is 14.0. The van der Waals surface area contributed by atoms with Gasteiger partial charge in [0, 0.05) is 18.4 Å². The summed E-state index contributed by atoms with van der Waals surface area (Å²) in [5, 5.41) is 9.55. The molecule has 162 valence electrons. The lowest BCUT2D eigenvalue weighted by molar-refractivity contribution is 0.275. The predicted molar refractivity (Wildman–Crippen MR) is 121 cm³/mol. The Labute approximate surface area is 189 Å². The van der Waals surface area contributed by atoms with Gasteiger partial charge in [0.05, 0.1) is 18.7 Å². The van der Waals surface area contributed by atoms with E-state index in [0.29, 0.717) is 37.8 Å². The molecule has 0 radical (unpaired) electrons. The van der Waals surface area contributed by atoms with Crippen molar-refractivity contribution < 1.29 is 13.5 Å². The van der Waals surface area contributed by atoms with Crippen LogP contribution >= 0.6 is 15.9 Å². The summed E-state index contributed by atoms with van der Waals surface area (Å²) >= 11 is 3.45. The number of nitrogens with zero attached hydrogens (tertiary/aromatic N) is 2. The van der Waals surface area contributed by atoms with E-state index >= 15 is 0 Å². The van der Waals surface area contributed by atoms with Crippen molar-refractivity contribution in [2.45, 2.75) is 30.4 Å². The number of nitrogens with one attached hydrogen (secondary N) is 1. The molecule has 31 heavy (non-hydrogen) atoms. The van der Waals surface area contributed by atoms with Gasteiger partial charge in [-0.3, -0.25) is 5.41 Å². The Morgan fingerprint density at radius 3 is 2.35 bits per heavy atom. The number of hydrogen-bond acceptors (Lipinski definition) is 2. The summed E-state index contributed by atoms with van der Waals surface area (Å²) in [4.78, 5) is 3.93. The van der Waals surface area contributed by atoms with E-state index in [0.717, 1.165) is 10.9 Å². The summed E-state index contributed by atoms with van der Waals surface area (Å²) in [5.41, 5.74) is 2.27. The fraction of sp³-hybridized carbons (Fsp3) is 0.292. The van der Waals surface area contributed by atoms with E-state index < -0.39 is 0 Å². The number of halogens is 3. The number of hydrogen-bond donors (Lipinski definition) is 1. The molecule has 0 bridgehead atoms. The molecule has 1 saturated heterocycles. The van der Waals surface area contributed by atoms with Gasteiger partial charge in [-0.15, -0.1) is 0 Å². The number of fused-ring (bicyclic) bond motifs is 1. The van der Waals surface area contributed by atoms with Gasteiger partial charge in [0.1, 0.15) is 17.4 Å². The molecular formula is C24H24BrF2N3O. The second kappa shape index (κ2) is 9.64. The lowest BCUT2D eigenvalue weighted by Gasteiger charge is -2.26. The molecule has 1 heterocycles. The summed E-state index contributed by atoms with van der Waals surface area (Å²) < 4.78 is 32.7. The zero-order chi connectivity index (χ0) is 21.8. The zero-order valence-corrected chi connectivity index (χ0v) is 18.6. The van der Waals surface area contributed by atoms with E-state index in [9.17, 15) is 8.78 Å². The molecule has 4 rings (SSSR count). The number of allylic oxidation sites excluding steroid dienone is 2. The molecule has 1 fully saturated rings. The molecule has 0 amide bonds. The molecule has 2 aromatic carbocycles. The van der Waals surface area contributed by atoms with E-state index in [-0.39, 0.29) is 23.7 Å². The van der Waals surface area contributed by atoms with Crippen molar-refractivity contribution in [2.75, 3.05) is 13.2 Å². The number of guanidine groups is 1. The molecule has 2 aliphatic rings. The first kappa shape index (κ1) is 21.6.